The van der Waals surface area contributed by atoms with Crippen molar-refractivity contribution in [2.45, 2.75) is 32.3 Å². The topological polar surface area (TPSA) is 82.9 Å². The van der Waals surface area contributed by atoms with Gasteiger partial charge in [0.15, 0.2) is 0 Å². The Bertz CT molecular complexity index is 1210. The molecule has 0 amide bonds. The summed E-state index contributed by atoms with van der Waals surface area (Å²) in [6, 6.07) is 9.50. The average Bonchev–Trinajstić information content (AvgIpc) is 3.26. The molecule has 0 saturated carbocycles. The van der Waals surface area contributed by atoms with Gasteiger partial charge in [-0.3, -0.25) is 14.7 Å². The van der Waals surface area contributed by atoms with Crippen LogP contribution in [0.3, 0.4) is 0 Å². The van der Waals surface area contributed by atoms with Crippen molar-refractivity contribution in [3.8, 4) is 17.6 Å². The zero-order chi connectivity index (χ0) is 24.1. The van der Waals surface area contributed by atoms with Crippen molar-refractivity contribution < 1.29 is 19.7 Å². The summed E-state index contributed by atoms with van der Waals surface area (Å²) in [5, 5.41) is 23.7. The number of piperidine rings is 1. The number of carboxylic acids is 1. The van der Waals surface area contributed by atoms with Gasteiger partial charge in [0.25, 0.3) is 0 Å². The lowest BCUT2D eigenvalue weighted by Gasteiger charge is -2.36. The van der Waals surface area contributed by atoms with Gasteiger partial charge in [-0.05, 0) is 85.5 Å². The Balaban J connectivity index is 1.38. The smallest absolute Gasteiger partial charge is 0.308 e. The number of fused-ring (bicyclic) bond motifs is 1. The third kappa shape index (κ3) is 5.58. The van der Waals surface area contributed by atoms with Crippen LogP contribution in [0.2, 0.25) is 0 Å². The number of aromatic nitrogens is 1. The maximum atomic E-state index is 12.0. The summed E-state index contributed by atoms with van der Waals surface area (Å²) in [6.07, 6.45) is 2.95. The number of aliphatic carboxylic acids is 1. The van der Waals surface area contributed by atoms with E-state index in [1.165, 1.54) is 5.56 Å². The molecule has 1 unspecified atom stereocenters. The molecule has 4 rings (SSSR count). The van der Waals surface area contributed by atoms with E-state index < -0.39 is 18.0 Å². The van der Waals surface area contributed by atoms with E-state index in [1.54, 1.807) is 24.6 Å². The minimum atomic E-state index is -0.773. The minimum absolute atomic E-state index is 0.0264. The average molecular weight is 479 g/mol. The standard InChI is InChI=1S/C27H30N2O4S/c1-18-11-15-34-26(18)4-3-13-29-14-10-19(23(17-29)27(31)32)5-8-25(30)21-9-12-28-24-7-6-20(33-2)16-22(21)24/h6-7,9,11-12,15-16,19,23,25,30H,5,8,10,13-14,17H2,1-2H3,(H,31,32)/t19-,23+,25?/m1/s1. The van der Waals surface area contributed by atoms with Gasteiger partial charge >= 0.3 is 5.97 Å². The summed E-state index contributed by atoms with van der Waals surface area (Å²) in [7, 11) is 1.61. The zero-order valence-corrected chi connectivity index (χ0v) is 20.3. The fourth-order valence-corrected chi connectivity index (χ4v) is 5.45. The van der Waals surface area contributed by atoms with Crippen LogP contribution in [0.25, 0.3) is 10.9 Å². The van der Waals surface area contributed by atoms with Crippen LogP contribution < -0.4 is 4.74 Å². The molecular formula is C27H30N2O4S. The van der Waals surface area contributed by atoms with Gasteiger partial charge in [0.05, 0.1) is 36.1 Å². The molecule has 1 fully saturated rings. The summed E-state index contributed by atoms with van der Waals surface area (Å²) < 4.78 is 5.33. The maximum Gasteiger partial charge on any atom is 0.308 e. The van der Waals surface area contributed by atoms with Crippen LogP contribution in [0.4, 0.5) is 0 Å². The fourth-order valence-electron chi connectivity index (χ4n) is 4.66. The number of rotatable bonds is 7. The Labute approximate surface area is 204 Å². The molecule has 3 heterocycles. The summed E-state index contributed by atoms with van der Waals surface area (Å²) in [5.74, 6) is 5.93. The Morgan fingerprint density at radius 2 is 2.21 bits per heavy atom. The van der Waals surface area contributed by atoms with E-state index in [0.717, 1.165) is 34.3 Å². The molecule has 2 N–H and O–H groups in total. The highest BCUT2D eigenvalue weighted by Gasteiger charge is 2.34. The lowest BCUT2D eigenvalue weighted by atomic mass is 9.81. The molecule has 0 spiro atoms. The molecule has 7 heteroatoms. The van der Waals surface area contributed by atoms with Crippen molar-refractivity contribution in [2.24, 2.45) is 11.8 Å². The number of likely N-dealkylation sites (tertiary alicyclic amines) is 1. The van der Waals surface area contributed by atoms with Gasteiger partial charge in [0, 0.05) is 18.1 Å². The van der Waals surface area contributed by atoms with E-state index in [-0.39, 0.29) is 5.92 Å². The quantitative estimate of drug-likeness (QED) is 0.487. The van der Waals surface area contributed by atoms with Crippen LogP contribution in [0, 0.1) is 30.6 Å². The number of aliphatic hydroxyl groups is 1. The first-order valence-corrected chi connectivity index (χ1v) is 12.4. The highest BCUT2D eigenvalue weighted by molar-refractivity contribution is 7.10. The molecule has 0 aliphatic carbocycles. The van der Waals surface area contributed by atoms with Crippen molar-refractivity contribution in [1.29, 1.82) is 0 Å². The number of aryl methyl sites for hydroxylation is 1. The van der Waals surface area contributed by atoms with E-state index >= 15 is 0 Å². The van der Waals surface area contributed by atoms with Crippen molar-refractivity contribution in [3.05, 3.63) is 57.9 Å². The van der Waals surface area contributed by atoms with E-state index in [0.29, 0.717) is 31.7 Å². The molecule has 1 saturated heterocycles. The van der Waals surface area contributed by atoms with Crippen molar-refractivity contribution >= 4 is 28.2 Å². The third-order valence-corrected chi connectivity index (χ3v) is 7.61. The van der Waals surface area contributed by atoms with Gasteiger partial charge in [0.1, 0.15) is 5.75 Å². The van der Waals surface area contributed by atoms with E-state index in [9.17, 15) is 15.0 Å². The third-order valence-electron chi connectivity index (χ3n) is 6.68. The molecule has 6 nitrogen and oxygen atoms in total. The summed E-state index contributed by atoms with van der Waals surface area (Å²) in [5.41, 5.74) is 2.78. The van der Waals surface area contributed by atoms with Gasteiger partial charge in [0.2, 0.25) is 0 Å². The normalized spacial score (nSPS) is 19.4. The summed E-state index contributed by atoms with van der Waals surface area (Å²) >= 11 is 1.63. The van der Waals surface area contributed by atoms with Crippen molar-refractivity contribution in [1.82, 2.24) is 9.88 Å². The number of hydrogen-bond acceptors (Lipinski definition) is 6. The lowest BCUT2D eigenvalue weighted by Crippen LogP contribution is -2.44. The molecule has 1 aliphatic heterocycles. The number of benzene rings is 1. The van der Waals surface area contributed by atoms with Gasteiger partial charge in [-0.15, -0.1) is 11.3 Å². The van der Waals surface area contributed by atoms with E-state index in [1.807, 2.05) is 36.6 Å². The minimum Gasteiger partial charge on any atom is -0.497 e. The summed E-state index contributed by atoms with van der Waals surface area (Å²) in [4.78, 5) is 19.6. The van der Waals surface area contributed by atoms with E-state index in [2.05, 4.69) is 27.8 Å². The number of aliphatic hydroxyl groups excluding tert-OH is 1. The molecule has 2 aromatic heterocycles. The SMILES string of the molecule is COc1ccc2nccc(C(O)CC[C@@H]3CCN(CC#Cc4sccc4C)C[C@@H]3C(=O)O)c2c1. The molecule has 1 aromatic carbocycles. The second-order valence-electron chi connectivity index (χ2n) is 8.84. The van der Waals surface area contributed by atoms with Crippen LogP contribution in [-0.4, -0.2) is 52.8 Å². The fraction of sp³-hybridized carbons (Fsp3) is 0.407. The molecular weight excluding hydrogens is 448 g/mol. The highest BCUT2D eigenvalue weighted by Crippen LogP contribution is 2.33. The van der Waals surface area contributed by atoms with Crippen molar-refractivity contribution in [2.75, 3.05) is 26.7 Å². The number of hydrogen-bond donors (Lipinski definition) is 2. The lowest BCUT2D eigenvalue weighted by molar-refractivity contribution is -0.146. The highest BCUT2D eigenvalue weighted by atomic mass is 32.1. The first-order chi connectivity index (χ1) is 16.5. The Morgan fingerprint density at radius 3 is 2.94 bits per heavy atom. The number of nitrogens with zero attached hydrogens (tertiary/aromatic N) is 2. The molecule has 3 atom stereocenters. The summed E-state index contributed by atoms with van der Waals surface area (Å²) in [6.45, 7) is 3.93. The van der Waals surface area contributed by atoms with Crippen LogP contribution in [0.1, 0.15) is 41.4 Å². The second-order valence-corrected chi connectivity index (χ2v) is 9.76. The first kappa shape index (κ1) is 24.2. The monoisotopic (exact) mass is 478 g/mol. The Kier molecular flexibility index (Phi) is 7.84. The second kappa shape index (κ2) is 11.0. The van der Waals surface area contributed by atoms with Gasteiger partial charge < -0.3 is 14.9 Å². The zero-order valence-electron chi connectivity index (χ0n) is 19.5. The number of thiophene rings is 1. The molecule has 34 heavy (non-hydrogen) atoms. The van der Waals surface area contributed by atoms with Gasteiger partial charge in [-0.25, -0.2) is 0 Å². The van der Waals surface area contributed by atoms with Gasteiger partial charge in [-0.1, -0.05) is 11.8 Å². The Hall–Kier alpha value is -2.92. The Morgan fingerprint density at radius 1 is 1.35 bits per heavy atom. The number of pyridine rings is 1. The van der Waals surface area contributed by atoms with Crippen molar-refractivity contribution in [3.63, 3.8) is 0 Å². The van der Waals surface area contributed by atoms with Crippen LogP contribution in [0.15, 0.2) is 41.9 Å². The number of carbonyl (C=O) groups is 1. The number of ether oxygens (including phenoxy) is 1. The molecule has 1 aliphatic rings. The number of methoxy groups -OCH3 is 1. The van der Waals surface area contributed by atoms with Crippen LogP contribution >= 0.6 is 11.3 Å². The van der Waals surface area contributed by atoms with Crippen LogP contribution in [0.5, 0.6) is 5.75 Å². The predicted octanol–water partition coefficient (Wildman–Crippen LogP) is 4.50. The number of carboxylic acid groups (broad SMARTS) is 1. The molecule has 178 valence electrons. The molecule has 0 bridgehead atoms. The molecule has 0 radical (unpaired) electrons. The largest absolute Gasteiger partial charge is 0.497 e. The van der Waals surface area contributed by atoms with E-state index in [4.69, 9.17) is 4.74 Å². The maximum absolute atomic E-state index is 12.0. The molecule has 3 aromatic rings. The predicted molar refractivity (Wildman–Crippen MR) is 134 cm³/mol. The first-order valence-electron chi connectivity index (χ1n) is 11.5. The van der Waals surface area contributed by atoms with Crippen LogP contribution in [-0.2, 0) is 4.79 Å². The van der Waals surface area contributed by atoms with Gasteiger partial charge in [-0.2, -0.15) is 0 Å².